The summed E-state index contributed by atoms with van der Waals surface area (Å²) in [6.45, 7) is 5.90. The lowest BCUT2D eigenvalue weighted by Crippen LogP contribution is -2.30. The smallest absolute Gasteiger partial charge is 0.227 e. The van der Waals surface area contributed by atoms with E-state index in [1.54, 1.807) is 0 Å². The Kier molecular flexibility index (Phi) is 4.50. The molecule has 120 valence electrons. The van der Waals surface area contributed by atoms with E-state index in [9.17, 15) is 9.90 Å². The average Bonchev–Trinajstić information content (AvgIpc) is 3.14. The van der Waals surface area contributed by atoms with Gasteiger partial charge in [-0.15, -0.1) is 0 Å². The highest BCUT2D eigenvalue weighted by Gasteiger charge is 2.28. The van der Waals surface area contributed by atoms with Crippen LogP contribution in [-0.4, -0.2) is 30.1 Å². The molecule has 22 heavy (non-hydrogen) atoms. The maximum atomic E-state index is 12.3. The number of nitrogens with one attached hydrogen (secondary N) is 1. The van der Waals surface area contributed by atoms with Crippen LogP contribution in [0.5, 0.6) is 0 Å². The minimum absolute atomic E-state index is 0.165. The quantitative estimate of drug-likeness (QED) is 0.898. The van der Waals surface area contributed by atoms with E-state index >= 15 is 0 Å². The summed E-state index contributed by atoms with van der Waals surface area (Å²) in [5.74, 6) is 0.589. The highest BCUT2D eigenvalue weighted by Crippen LogP contribution is 2.33. The second kappa shape index (κ2) is 6.39. The van der Waals surface area contributed by atoms with Crippen molar-refractivity contribution >= 4 is 11.6 Å². The highest BCUT2D eigenvalue weighted by molar-refractivity contribution is 5.95. The molecule has 4 nitrogen and oxygen atoms in total. The van der Waals surface area contributed by atoms with E-state index in [0.717, 1.165) is 43.6 Å². The number of nitrogens with zero attached hydrogens (tertiary/aromatic N) is 1. The molecule has 2 aliphatic rings. The summed E-state index contributed by atoms with van der Waals surface area (Å²) in [5, 5.41) is 13.9. The molecule has 0 radical (unpaired) electrons. The molecule has 2 N–H and O–H groups in total. The van der Waals surface area contributed by atoms with E-state index < -0.39 is 6.10 Å². The van der Waals surface area contributed by atoms with Crippen LogP contribution in [0.2, 0.25) is 0 Å². The van der Waals surface area contributed by atoms with Gasteiger partial charge in [-0.2, -0.15) is 0 Å². The largest absolute Gasteiger partial charge is 0.387 e. The molecule has 4 heteroatoms. The van der Waals surface area contributed by atoms with Crippen LogP contribution >= 0.6 is 0 Å². The van der Waals surface area contributed by atoms with Crippen molar-refractivity contribution in [3.63, 3.8) is 0 Å². The Labute approximate surface area is 132 Å². The number of aliphatic hydroxyl groups excluding tert-OH is 1. The Balaban J connectivity index is 1.76. The number of anilines is 1. The number of carbonyl (C=O) groups is 1. The van der Waals surface area contributed by atoms with E-state index in [2.05, 4.69) is 25.2 Å². The lowest BCUT2D eigenvalue weighted by atomic mass is 9.98. The standard InChI is InChI=1S/C18H26N2O2/c1-12(2)10-17(21)20-9-7-13-11-14(5-6-16(13)20)18(22)15-4-3-8-19-15/h5-6,11-12,15,18-19,22H,3-4,7-10H2,1-2H3. The van der Waals surface area contributed by atoms with Crippen LogP contribution in [0.4, 0.5) is 5.69 Å². The summed E-state index contributed by atoms with van der Waals surface area (Å²) in [7, 11) is 0. The van der Waals surface area contributed by atoms with Gasteiger partial charge in [0.05, 0.1) is 6.10 Å². The zero-order valence-corrected chi connectivity index (χ0v) is 13.5. The fourth-order valence-corrected chi connectivity index (χ4v) is 3.54. The molecule has 0 spiro atoms. The first-order valence-electron chi connectivity index (χ1n) is 8.41. The molecule has 2 aliphatic heterocycles. The maximum absolute atomic E-state index is 12.3. The van der Waals surface area contributed by atoms with Crippen LogP contribution in [0.3, 0.4) is 0 Å². The molecule has 0 aromatic heterocycles. The number of hydrogen-bond acceptors (Lipinski definition) is 3. The van der Waals surface area contributed by atoms with Crippen LogP contribution in [0.1, 0.15) is 50.3 Å². The average molecular weight is 302 g/mol. The summed E-state index contributed by atoms with van der Waals surface area (Å²) >= 11 is 0. The Morgan fingerprint density at radius 1 is 1.45 bits per heavy atom. The third-order valence-corrected chi connectivity index (χ3v) is 4.70. The molecular formula is C18H26N2O2. The van der Waals surface area contributed by atoms with Crippen LogP contribution in [0.15, 0.2) is 18.2 Å². The zero-order valence-electron chi connectivity index (χ0n) is 13.5. The van der Waals surface area contributed by atoms with Gasteiger partial charge in [0.15, 0.2) is 0 Å². The number of hydrogen-bond donors (Lipinski definition) is 2. The second-order valence-electron chi connectivity index (χ2n) is 6.93. The lowest BCUT2D eigenvalue weighted by molar-refractivity contribution is -0.119. The number of rotatable bonds is 4. The number of carbonyl (C=O) groups excluding carboxylic acids is 1. The van der Waals surface area contributed by atoms with Crippen LogP contribution in [0, 0.1) is 5.92 Å². The third kappa shape index (κ3) is 3.03. The van der Waals surface area contributed by atoms with Gasteiger partial charge in [-0.1, -0.05) is 26.0 Å². The first-order valence-corrected chi connectivity index (χ1v) is 8.41. The first-order chi connectivity index (χ1) is 10.6. The van der Waals surface area contributed by atoms with Crippen molar-refractivity contribution < 1.29 is 9.90 Å². The van der Waals surface area contributed by atoms with Gasteiger partial charge >= 0.3 is 0 Å². The Bertz CT molecular complexity index is 550. The maximum Gasteiger partial charge on any atom is 0.227 e. The molecule has 1 aromatic rings. The van der Waals surface area contributed by atoms with Crippen molar-refractivity contribution in [1.82, 2.24) is 5.32 Å². The molecule has 2 unspecified atom stereocenters. The van der Waals surface area contributed by atoms with Gasteiger partial charge in [0, 0.05) is 24.7 Å². The molecular weight excluding hydrogens is 276 g/mol. The van der Waals surface area contributed by atoms with E-state index in [0.29, 0.717) is 12.3 Å². The lowest BCUT2D eigenvalue weighted by Gasteiger charge is -2.21. The van der Waals surface area contributed by atoms with Gasteiger partial charge in [0.25, 0.3) is 0 Å². The highest BCUT2D eigenvalue weighted by atomic mass is 16.3. The second-order valence-corrected chi connectivity index (χ2v) is 6.93. The summed E-state index contributed by atoms with van der Waals surface area (Å²) in [4.78, 5) is 14.2. The monoisotopic (exact) mass is 302 g/mol. The Morgan fingerprint density at radius 2 is 2.27 bits per heavy atom. The minimum atomic E-state index is -0.451. The Hall–Kier alpha value is -1.39. The van der Waals surface area contributed by atoms with Gasteiger partial charge < -0.3 is 15.3 Å². The SMILES string of the molecule is CC(C)CC(=O)N1CCc2cc(C(O)C3CCCN3)ccc21. The summed E-state index contributed by atoms with van der Waals surface area (Å²) in [5.41, 5.74) is 3.18. The number of benzene rings is 1. The number of amides is 1. The van der Waals surface area contributed by atoms with E-state index in [1.807, 2.05) is 17.0 Å². The van der Waals surface area contributed by atoms with Crippen molar-refractivity contribution in [1.29, 1.82) is 0 Å². The van der Waals surface area contributed by atoms with E-state index in [-0.39, 0.29) is 11.9 Å². The van der Waals surface area contributed by atoms with E-state index in [1.165, 1.54) is 5.56 Å². The fraction of sp³-hybridized carbons (Fsp3) is 0.611. The summed E-state index contributed by atoms with van der Waals surface area (Å²) in [6, 6.07) is 6.24. The molecule has 0 saturated carbocycles. The molecule has 1 fully saturated rings. The van der Waals surface area contributed by atoms with Crippen molar-refractivity contribution in [2.45, 2.75) is 51.7 Å². The van der Waals surface area contributed by atoms with Crippen molar-refractivity contribution in [2.75, 3.05) is 18.0 Å². The van der Waals surface area contributed by atoms with Gasteiger partial charge in [-0.3, -0.25) is 4.79 Å². The van der Waals surface area contributed by atoms with Gasteiger partial charge in [-0.05, 0) is 48.9 Å². The molecule has 2 atom stereocenters. The van der Waals surface area contributed by atoms with Gasteiger partial charge in [0.2, 0.25) is 5.91 Å². The van der Waals surface area contributed by atoms with Crippen LogP contribution in [0.25, 0.3) is 0 Å². The molecule has 0 aliphatic carbocycles. The molecule has 1 saturated heterocycles. The third-order valence-electron chi connectivity index (χ3n) is 4.70. The molecule has 1 aromatic carbocycles. The van der Waals surface area contributed by atoms with E-state index in [4.69, 9.17) is 0 Å². The molecule has 1 amide bonds. The van der Waals surface area contributed by atoms with Crippen molar-refractivity contribution in [3.8, 4) is 0 Å². The topological polar surface area (TPSA) is 52.6 Å². The molecule has 2 heterocycles. The van der Waals surface area contributed by atoms with Gasteiger partial charge in [0.1, 0.15) is 0 Å². The summed E-state index contributed by atoms with van der Waals surface area (Å²) < 4.78 is 0. The van der Waals surface area contributed by atoms with Crippen LogP contribution < -0.4 is 10.2 Å². The predicted octanol–water partition coefficient (Wildman–Crippen LogP) is 2.41. The number of fused-ring (bicyclic) bond motifs is 1. The fourth-order valence-electron chi connectivity index (χ4n) is 3.54. The Morgan fingerprint density at radius 3 is 2.95 bits per heavy atom. The zero-order chi connectivity index (χ0) is 15.7. The number of aliphatic hydroxyl groups is 1. The normalized spacial score (nSPS) is 22.2. The minimum Gasteiger partial charge on any atom is -0.387 e. The van der Waals surface area contributed by atoms with Gasteiger partial charge in [-0.25, -0.2) is 0 Å². The summed E-state index contributed by atoms with van der Waals surface area (Å²) in [6.07, 6.45) is 3.18. The van der Waals surface area contributed by atoms with Crippen molar-refractivity contribution in [2.24, 2.45) is 5.92 Å². The molecule has 0 bridgehead atoms. The molecule has 3 rings (SSSR count). The predicted molar refractivity (Wildman–Crippen MR) is 87.9 cm³/mol. The van der Waals surface area contributed by atoms with Crippen molar-refractivity contribution in [3.05, 3.63) is 29.3 Å². The first kappa shape index (κ1) is 15.5. The van der Waals surface area contributed by atoms with Crippen LogP contribution in [-0.2, 0) is 11.2 Å².